The Morgan fingerprint density at radius 2 is 1.24 bits per heavy atom. The van der Waals surface area contributed by atoms with Crippen molar-refractivity contribution in [3.05, 3.63) is 166 Å². The number of hydrogen-bond acceptors (Lipinski definition) is 9. The summed E-state index contributed by atoms with van der Waals surface area (Å²) in [6, 6.07) is 35.0. The van der Waals surface area contributed by atoms with E-state index in [1.807, 2.05) is 0 Å². The van der Waals surface area contributed by atoms with Crippen LogP contribution < -0.4 is 10.6 Å². The van der Waals surface area contributed by atoms with Crippen LogP contribution in [0.3, 0.4) is 0 Å². The van der Waals surface area contributed by atoms with Gasteiger partial charge in [0.25, 0.3) is 11.8 Å². The summed E-state index contributed by atoms with van der Waals surface area (Å²) >= 11 is 0. The third-order valence-corrected chi connectivity index (χ3v) is 8.39. The highest BCUT2D eigenvalue weighted by atomic mass is 16.6. The van der Waals surface area contributed by atoms with Crippen LogP contribution in [0.4, 0.5) is 5.82 Å². The number of aromatic amines is 1. The van der Waals surface area contributed by atoms with E-state index in [1.54, 1.807) is 138 Å². The number of amides is 2. The molecule has 2 amide bonds. The molecule has 1 N–H and O–H groups in total. The molecule has 0 radical (unpaired) electrons. The van der Waals surface area contributed by atoms with Gasteiger partial charge in [0.15, 0.2) is 5.65 Å². The summed E-state index contributed by atoms with van der Waals surface area (Å²) in [4.78, 5) is 74.7. The van der Waals surface area contributed by atoms with E-state index in [1.165, 1.54) is 0 Å². The van der Waals surface area contributed by atoms with Gasteiger partial charge in [-0.05, 0) is 54.6 Å². The van der Waals surface area contributed by atoms with E-state index in [-0.39, 0.29) is 41.0 Å². The molecular formula is C39H30N4O8. The largest absolute Gasteiger partial charge is 0.459 e. The van der Waals surface area contributed by atoms with Gasteiger partial charge in [0.05, 0.1) is 16.5 Å². The Bertz CT molecular complexity index is 2210. The first-order valence-corrected chi connectivity index (χ1v) is 16.1. The normalized spacial score (nSPS) is 16.7. The highest BCUT2D eigenvalue weighted by Gasteiger charge is 2.41. The molecule has 1 fully saturated rings. The van der Waals surface area contributed by atoms with Crippen LogP contribution in [0, 0.1) is 0 Å². The van der Waals surface area contributed by atoms with Gasteiger partial charge in [-0.25, -0.2) is 19.3 Å². The number of imide groups is 1. The maximum absolute atomic E-state index is 14.0. The third kappa shape index (κ3) is 6.94. The molecule has 1 aliphatic rings. The third-order valence-electron chi connectivity index (χ3n) is 8.39. The minimum atomic E-state index is -0.884. The van der Waals surface area contributed by atoms with E-state index in [9.17, 15) is 24.0 Å². The molecule has 6 aromatic rings. The quantitative estimate of drug-likeness (QED) is 0.152. The Morgan fingerprint density at radius 1 is 0.725 bits per heavy atom. The molecule has 1 aliphatic heterocycles. The zero-order valence-corrected chi connectivity index (χ0v) is 27.0. The van der Waals surface area contributed by atoms with Crippen LogP contribution in [0.2, 0.25) is 0 Å². The summed E-state index contributed by atoms with van der Waals surface area (Å²) in [7, 11) is 0. The molecule has 12 heteroatoms. The Labute approximate surface area is 290 Å². The Balaban J connectivity index is 1.23. The molecule has 1 saturated heterocycles. The molecule has 3 atom stereocenters. The number of H-pyrrole nitrogens is 1. The summed E-state index contributed by atoms with van der Waals surface area (Å²) < 4.78 is 19.3. The second-order valence-corrected chi connectivity index (χ2v) is 11.7. The first kappa shape index (κ1) is 32.9. The van der Waals surface area contributed by atoms with E-state index in [2.05, 4.69) is 9.97 Å². The van der Waals surface area contributed by atoms with Crippen LogP contribution in [0.15, 0.2) is 138 Å². The van der Waals surface area contributed by atoms with Crippen molar-refractivity contribution in [2.24, 2.45) is 0 Å². The van der Waals surface area contributed by atoms with Gasteiger partial charge >= 0.3 is 17.6 Å². The van der Waals surface area contributed by atoms with Gasteiger partial charge in [0.1, 0.15) is 30.9 Å². The van der Waals surface area contributed by atoms with Crippen molar-refractivity contribution in [3.63, 3.8) is 0 Å². The van der Waals surface area contributed by atoms with Gasteiger partial charge in [-0.3, -0.25) is 14.6 Å². The lowest BCUT2D eigenvalue weighted by Crippen LogP contribution is -2.39. The van der Waals surface area contributed by atoms with Crippen molar-refractivity contribution >= 4 is 40.6 Å². The van der Waals surface area contributed by atoms with Crippen molar-refractivity contribution in [3.8, 4) is 0 Å². The van der Waals surface area contributed by atoms with Crippen LogP contribution in [-0.2, 0) is 14.2 Å². The molecule has 0 bridgehead atoms. The highest BCUT2D eigenvalue weighted by Crippen LogP contribution is 2.36. The van der Waals surface area contributed by atoms with Crippen LogP contribution in [0.5, 0.6) is 0 Å². The van der Waals surface area contributed by atoms with E-state index in [4.69, 9.17) is 14.2 Å². The number of ether oxygens (including phenoxy) is 3. The van der Waals surface area contributed by atoms with Gasteiger partial charge in [0, 0.05) is 23.7 Å². The number of anilines is 1. The predicted octanol–water partition coefficient (Wildman–Crippen LogP) is 5.58. The zero-order valence-electron chi connectivity index (χ0n) is 27.0. The van der Waals surface area contributed by atoms with Crippen molar-refractivity contribution in [2.75, 3.05) is 11.5 Å². The van der Waals surface area contributed by atoms with Crippen molar-refractivity contribution in [1.82, 2.24) is 14.5 Å². The average molecular weight is 683 g/mol. The zero-order chi connectivity index (χ0) is 35.3. The molecule has 12 nitrogen and oxygen atoms in total. The molecule has 51 heavy (non-hydrogen) atoms. The second kappa shape index (κ2) is 14.4. The molecule has 4 aromatic carbocycles. The molecule has 0 unspecified atom stereocenters. The van der Waals surface area contributed by atoms with Crippen LogP contribution in [-0.4, -0.2) is 57.1 Å². The van der Waals surface area contributed by atoms with E-state index < -0.39 is 47.9 Å². The SMILES string of the molecule is O=C(OC[C@H]1O[C@@H](n2ccc3c(N(C(=O)c4ccccc4)C(=O)c4ccccc4)[nH]c(=O)nc32)C[C@@H]1OC(=O)c1ccccc1)c1ccccc1. The van der Waals surface area contributed by atoms with Gasteiger partial charge in [-0.15, -0.1) is 0 Å². The number of esters is 2. The first-order valence-electron chi connectivity index (χ1n) is 16.1. The summed E-state index contributed by atoms with van der Waals surface area (Å²) in [5, 5.41) is 0.281. The lowest BCUT2D eigenvalue weighted by Gasteiger charge is -2.22. The van der Waals surface area contributed by atoms with Crippen molar-refractivity contribution < 1.29 is 33.4 Å². The van der Waals surface area contributed by atoms with Crippen LogP contribution in [0.25, 0.3) is 11.0 Å². The number of carbonyl (C=O) groups excluding carboxylic acids is 4. The Hall–Kier alpha value is -6.66. The number of benzene rings is 4. The van der Waals surface area contributed by atoms with Crippen LogP contribution in [0.1, 0.15) is 54.1 Å². The van der Waals surface area contributed by atoms with E-state index >= 15 is 0 Å². The lowest BCUT2D eigenvalue weighted by atomic mass is 10.1. The molecule has 254 valence electrons. The van der Waals surface area contributed by atoms with Gasteiger partial charge in [0.2, 0.25) is 0 Å². The molecule has 3 heterocycles. The van der Waals surface area contributed by atoms with Crippen molar-refractivity contribution in [2.45, 2.75) is 24.9 Å². The van der Waals surface area contributed by atoms with Crippen LogP contribution >= 0.6 is 0 Å². The molecular weight excluding hydrogens is 652 g/mol. The highest BCUT2D eigenvalue weighted by molar-refractivity contribution is 6.27. The smallest absolute Gasteiger partial charge is 0.348 e. The summed E-state index contributed by atoms with van der Waals surface area (Å²) in [5.74, 6) is -2.57. The van der Waals surface area contributed by atoms with Gasteiger partial charge in [-0.2, -0.15) is 4.98 Å². The number of nitrogens with one attached hydrogen (secondary N) is 1. The summed E-state index contributed by atoms with van der Waals surface area (Å²) in [6.07, 6.45) is -0.881. The predicted molar refractivity (Wildman–Crippen MR) is 185 cm³/mol. The second-order valence-electron chi connectivity index (χ2n) is 11.7. The topological polar surface area (TPSA) is 150 Å². The molecule has 0 spiro atoms. The molecule has 0 aliphatic carbocycles. The number of nitrogens with zero attached hydrogens (tertiary/aromatic N) is 3. The van der Waals surface area contributed by atoms with E-state index in [0.29, 0.717) is 11.1 Å². The van der Waals surface area contributed by atoms with Crippen molar-refractivity contribution in [1.29, 1.82) is 0 Å². The Morgan fingerprint density at radius 3 is 1.78 bits per heavy atom. The maximum atomic E-state index is 14.0. The van der Waals surface area contributed by atoms with E-state index in [0.717, 1.165) is 4.90 Å². The van der Waals surface area contributed by atoms with Gasteiger partial charge < -0.3 is 18.8 Å². The molecule has 7 rings (SSSR count). The lowest BCUT2D eigenvalue weighted by molar-refractivity contribution is -0.0562. The number of rotatable bonds is 9. The maximum Gasteiger partial charge on any atom is 0.348 e. The monoisotopic (exact) mass is 682 g/mol. The van der Waals surface area contributed by atoms with Gasteiger partial charge in [-0.1, -0.05) is 72.8 Å². The first-order chi connectivity index (χ1) is 24.9. The minimum Gasteiger partial charge on any atom is -0.459 e. The average Bonchev–Trinajstić information content (AvgIpc) is 3.78. The fraction of sp³-hybridized carbons (Fsp3) is 0.128. The fourth-order valence-corrected chi connectivity index (χ4v) is 5.90. The summed E-state index contributed by atoms with van der Waals surface area (Å²) in [5.41, 5.74) is 0.417. The number of carbonyl (C=O) groups is 4. The number of hydrogen-bond donors (Lipinski definition) is 1. The molecule has 2 aromatic heterocycles. The minimum absolute atomic E-state index is 0.0788. The number of fused-ring (bicyclic) bond motifs is 1. The molecule has 0 saturated carbocycles. The Kier molecular flexibility index (Phi) is 9.31. The standard InChI is InChI=1S/C39H30N4O8/c44-35(25-13-5-1-6-14-25)43(36(45)26-15-7-2-8-16-26)34-29-21-22-42(33(29)40-39(48)41-34)32-23-30(51-38(47)28-19-11-4-12-20-28)31(50-32)24-49-37(46)27-17-9-3-10-18-27/h1-22,30-32H,23-24H2,(H,40,41,48)/t30-,31+,32+/m0/s1. The fourth-order valence-electron chi connectivity index (χ4n) is 5.90. The summed E-state index contributed by atoms with van der Waals surface area (Å²) in [6.45, 7) is -0.236. The number of aromatic nitrogens is 3.